The van der Waals surface area contributed by atoms with Crippen molar-refractivity contribution in [1.29, 1.82) is 0 Å². The third-order valence-corrected chi connectivity index (χ3v) is 7.32. The number of carboxylic acid groups (broad SMARTS) is 1. The van der Waals surface area contributed by atoms with Crippen LogP contribution in [0.3, 0.4) is 0 Å². The van der Waals surface area contributed by atoms with Crippen molar-refractivity contribution in [3.8, 4) is 0 Å². The lowest BCUT2D eigenvalue weighted by Crippen LogP contribution is -2.46. The van der Waals surface area contributed by atoms with Crippen LogP contribution in [0.2, 0.25) is 0 Å². The van der Waals surface area contributed by atoms with Gasteiger partial charge in [0.05, 0.1) is 10.5 Å². The van der Waals surface area contributed by atoms with Crippen LogP contribution in [-0.2, 0) is 10.0 Å². The average molecular weight is 394 g/mol. The van der Waals surface area contributed by atoms with Crippen LogP contribution in [0.1, 0.15) is 24.2 Å². The quantitative estimate of drug-likeness (QED) is 0.853. The number of aromatic carboxylic acids is 1. The zero-order valence-electron chi connectivity index (χ0n) is 11.7. The Morgan fingerprint density at radius 2 is 2.10 bits per heavy atom. The summed E-state index contributed by atoms with van der Waals surface area (Å²) in [5.41, 5.74) is -0.0394. The maximum atomic E-state index is 12.8. The molecule has 0 radical (unpaired) electrons. The summed E-state index contributed by atoms with van der Waals surface area (Å²) in [7, 11) is -3.71. The summed E-state index contributed by atoms with van der Waals surface area (Å²) in [6, 6.07) is 4.04. The van der Waals surface area contributed by atoms with Crippen molar-refractivity contribution < 1.29 is 18.3 Å². The summed E-state index contributed by atoms with van der Waals surface area (Å²) in [4.78, 5) is 11.0. The van der Waals surface area contributed by atoms with E-state index < -0.39 is 16.0 Å². The number of thioether (sulfide) groups is 1. The van der Waals surface area contributed by atoms with Gasteiger partial charge in [0, 0.05) is 28.1 Å². The van der Waals surface area contributed by atoms with Gasteiger partial charge in [0.25, 0.3) is 0 Å². The van der Waals surface area contributed by atoms with Crippen molar-refractivity contribution in [2.45, 2.75) is 23.5 Å². The van der Waals surface area contributed by atoms with Gasteiger partial charge in [-0.3, -0.25) is 0 Å². The van der Waals surface area contributed by atoms with Gasteiger partial charge in [0.1, 0.15) is 0 Å². The highest BCUT2D eigenvalue weighted by atomic mass is 79.9. The molecule has 0 bridgehead atoms. The topological polar surface area (TPSA) is 74.7 Å². The Labute approximate surface area is 136 Å². The minimum absolute atomic E-state index is 0.00472. The number of rotatable bonds is 3. The number of sulfonamides is 1. The number of hydrogen-bond acceptors (Lipinski definition) is 4. The van der Waals surface area contributed by atoms with Crippen molar-refractivity contribution in [3.05, 3.63) is 28.2 Å². The molecular formula is C13H16BrNO4S2. The van der Waals surface area contributed by atoms with Gasteiger partial charge in [-0.1, -0.05) is 0 Å². The summed E-state index contributed by atoms with van der Waals surface area (Å²) in [6.45, 7) is 4.84. The molecule has 116 valence electrons. The van der Waals surface area contributed by atoms with E-state index in [1.165, 1.54) is 22.5 Å². The van der Waals surface area contributed by atoms with Gasteiger partial charge >= 0.3 is 5.97 Å². The second-order valence-corrected chi connectivity index (χ2v) is 9.96. The first-order valence-corrected chi connectivity index (χ1v) is 9.52. The van der Waals surface area contributed by atoms with E-state index in [1.807, 2.05) is 13.8 Å². The fourth-order valence-corrected chi connectivity index (χ4v) is 6.01. The molecule has 0 atom stereocenters. The van der Waals surface area contributed by atoms with Crippen molar-refractivity contribution in [2.24, 2.45) is 0 Å². The fourth-order valence-electron chi connectivity index (χ4n) is 2.15. The average Bonchev–Trinajstić information content (AvgIpc) is 2.37. The van der Waals surface area contributed by atoms with E-state index in [4.69, 9.17) is 5.11 Å². The summed E-state index contributed by atoms with van der Waals surface area (Å²) < 4.78 is 27.2. The molecule has 1 aromatic carbocycles. The molecule has 1 aliphatic rings. The summed E-state index contributed by atoms with van der Waals surface area (Å²) in [6.07, 6.45) is 0. The molecule has 0 amide bonds. The van der Waals surface area contributed by atoms with Gasteiger partial charge < -0.3 is 5.11 Å². The summed E-state index contributed by atoms with van der Waals surface area (Å²) in [5.74, 6) is -0.420. The highest BCUT2D eigenvalue weighted by Gasteiger charge is 2.35. The number of benzene rings is 1. The van der Waals surface area contributed by atoms with Crippen molar-refractivity contribution >= 4 is 43.7 Å². The van der Waals surface area contributed by atoms with Crippen molar-refractivity contribution in [2.75, 3.05) is 18.8 Å². The van der Waals surface area contributed by atoms with E-state index in [2.05, 4.69) is 15.9 Å². The van der Waals surface area contributed by atoms with E-state index >= 15 is 0 Å². The third kappa shape index (κ3) is 3.61. The van der Waals surface area contributed by atoms with Crippen LogP contribution in [-0.4, -0.2) is 47.4 Å². The number of hydrogen-bond donors (Lipinski definition) is 1. The van der Waals surface area contributed by atoms with Gasteiger partial charge in [0.2, 0.25) is 10.0 Å². The van der Waals surface area contributed by atoms with Crippen LogP contribution >= 0.6 is 27.7 Å². The predicted molar refractivity (Wildman–Crippen MR) is 86.4 cm³/mol. The lowest BCUT2D eigenvalue weighted by molar-refractivity contribution is 0.0696. The lowest BCUT2D eigenvalue weighted by Gasteiger charge is -2.36. The second kappa shape index (κ2) is 5.91. The van der Waals surface area contributed by atoms with Gasteiger partial charge in [-0.05, 0) is 48.0 Å². The minimum Gasteiger partial charge on any atom is -0.478 e. The largest absolute Gasteiger partial charge is 0.478 e. The highest BCUT2D eigenvalue weighted by molar-refractivity contribution is 9.10. The molecule has 1 aliphatic heterocycles. The predicted octanol–water partition coefficient (Wildman–Crippen LogP) is 2.66. The number of nitrogens with zero attached hydrogens (tertiary/aromatic N) is 1. The molecule has 0 aromatic heterocycles. The van der Waals surface area contributed by atoms with Crippen molar-refractivity contribution in [3.63, 3.8) is 0 Å². The van der Waals surface area contributed by atoms with Crippen LogP contribution in [0.4, 0.5) is 0 Å². The van der Waals surface area contributed by atoms with Crippen LogP contribution in [0.25, 0.3) is 0 Å². The summed E-state index contributed by atoms with van der Waals surface area (Å²) in [5, 5.41) is 9.03. The monoisotopic (exact) mass is 393 g/mol. The molecule has 8 heteroatoms. The van der Waals surface area contributed by atoms with Crippen LogP contribution in [0.5, 0.6) is 0 Å². The molecule has 1 heterocycles. The molecule has 1 saturated heterocycles. The first-order valence-electron chi connectivity index (χ1n) is 6.30. The molecule has 0 saturated carbocycles. The van der Waals surface area contributed by atoms with Crippen LogP contribution < -0.4 is 0 Å². The molecule has 1 N–H and O–H groups in total. The Kier molecular flexibility index (Phi) is 4.72. The number of carboxylic acids is 1. The lowest BCUT2D eigenvalue weighted by atomic mass is 10.2. The molecule has 0 unspecified atom stereocenters. The minimum atomic E-state index is -3.71. The molecule has 1 fully saturated rings. The second-order valence-electron chi connectivity index (χ2n) is 5.40. The molecule has 0 spiro atoms. The van der Waals surface area contributed by atoms with E-state index in [9.17, 15) is 13.2 Å². The molecule has 5 nitrogen and oxygen atoms in total. The van der Waals surface area contributed by atoms with Gasteiger partial charge in [-0.25, -0.2) is 13.2 Å². The van der Waals surface area contributed by atoms with E-state index in [-0.39, 0.29) is 15.2 Å². The molecular weight excluding hydrogens is 378 g/mol. The van der Waals surface area contributed by atoms with E-state index in [0.717, 1.165) is 5.75 Å². The molecule has 1 aromatic rings. The van der Waals surface area contributed by atoms with Crippen molar-refractivity contribution in [1.82, 2.24) is 4.31 Å². The maximum Gasteiger partial charge on any atom is 0.335 e. The van der Waals surface area contributed by atoms with Gasteiger partial charge in [-0.15, -0.1) is 0 Å². The Morgan fingerprint density at radius 1 is 1.43 bits per heavy atom. The zero-order chi connectivity index (χ0) is 15.8. The van der Waals surface area contributed by atoms with E-state index in [1.54, 1.807) is 11.8 Å². The Hall–Kier alpha value is -0.570. The van der Waals surface area contributed by atoms with Crippen LogP contribution in [0, 0.1) is 0 Å². The highest BCUT2D eigenvalue weighted by Crippen LogP contribution is 2.34. The third-order valence-electron chi connectivity index (χ3n) is 3.19. The Morgan fingerprint density at radius 3 is 2.67 bits per heavy atom. The summed E-state index contributed by atoms with van der Waals surface area (Å²) >= 11 is 4.94. The van der Waals surface area contributed by atoms with Gasteiger partial charge in [-0.2, -0.15) is 16.1 Å². The molecule has 21 heavy (non-hydrogen) atoms. The first kappa shape index (κ1) is 16.8. The SMILES string of the molecule is CC1(C)CN(S(=O)(=O)c2cc(C(=O)O)ccc2Br)CCS1. The number of carbonyl (C=O) groups is 1. The fraction of sp³-hybridized carbons (Fsp3) is 0.462. The Bertz CT molecular complexity index is 673. The number of halogens is 1. The smallest absolute Gasteiger partial charge is 0.335 e. The maximum absolute atomic E-state index is 12.8. The zero-order valence-corrected chi connectivity index (χ0v) is 14.9. The molecule has 0 aliphatic carbocycles. The van der Waals surface area contributed by atoms with Gasteiger partial charge in [0.15, 0.2) is 0 Å². The first-order chi connectivity index (χ1) is 9.63. The van der Waals surface area contributed by atoms with E-state index in [0.29, 0.717) is 17.6 Å². The Balaban J connectivity index is 2.44. The standard InChI is InChI=1S/C13H16BrNO4S2/c1-13(2)8-15(5-6-20-13)21(18,19)11-7-9(12(16)17)3-4-10(11)14/h3-4,7H,5-6,8H2,1-2H3,(H,16,17). The molecule has 2 rings (SSSR count). The van der Waals surface area contributed by atoms with Crippen LogP contribution in [0.15, 0.2) is 27.6 Å². The normalized spacial score (nSPS) is 19.4.